The molecule has 0 fully saturated rings. The molecule has 1 heterocycles. The van der Waals surface area contributed by atoms with Gasteiger partial charge in [0.15, 0.2) is 0 Å². The Hall–Kier alpha value is -1.65. The van der Waals surface area contributed by atoms with E-state index < -0.39 is 5.82 Å². The summed E-state index contributed by atoms with van der Waals surface area (Å²) in [4.78, 5) is 13.9. The molecule has 2 aromatic rings. The molecular formula is C15H8BrClFNO. The number of carbonyl (C=O) groups excluding carboxylic acids is 1. The van der Waals surface area contributed by atoms with Crippen LogP contribution in [0.2, 0.25) is 5.02 Å². The monoisotopic (exact) mass is 351 g/mol. The topological polar surface area (TPSA) is 20.3 Å². The number of nitrogens with zero attached hydrogens (tertiary/aromatic N) is 1. The first kappa shape index (κ1) is 13.3. The van der Waals surface area contributed by atoms with Gasteiger partial charge in [-0.05, 0) is 34.1 Å². The number of rotatable bonds is 1. The van der Waals surface area contributed by atoms with E-state index in [-0.39, 0.29) is 10.9 Å². The average molecular weight is 353 g/mol. The number of halogens is 3. The van der Waals surface area contributed by atoms with Gasteiger partial charge in [-0.25, -0.2) is 4.39 Å². The first-order chi connectivity index (χ1) is 9.50. The van der Waals surface area contributed by atoms with Crippen molar-refractivity contribution in [3.05, 3.63) is 69.4 Å². The standard InChI is InChI=1S/C15H8BrClFNO/c1-8-10-4-2-3-5-11(10)15(20)19(8)14-12(16)6-9(18)7-13(14)17/h2-7H,1H2. The van der Waals surface area contributed by atoms with Crippen molar-refractivity contribution in [3.8, 4) is 0 Å². The van der Waals surface area contributed by atoms with Gasteiger partial charge in [0.05, 0.1) is 16.4 Å². The van der Waals surface area contributed by atoms with Crippen LogP contribution in [0.4, 0.5) is 10.1 Å². The molecule has 0 saturated heterocycles. The van der Waals surface area contributed by atoms with Crippen molar-refractivity contribution in [2.75, 3.05) is 4.90 Å². The Morgan fingerprint density at radius 2 is 1.85 bits per heavy atom. The van der Waals surface area contributed by atoms with Gasteiger partial charge in [0.25, 0.3) is 5.91 Å². The molecule has 0 saturated carbocycles. The lowest BCUT2D eigenvalue weighted by Crippen LogP contribution is -2.22. The fourth-order valence-electron chi connectivity index (χ4n) is 2.27. The highest BCUT2D eigenvalue weighted by Gasteiger charge is 2.34. The van der Waals surface area contributed by atoms with E-state index in [1.807, 2.05) is 12.1 Å². The number of hydrogen-bond acceptors (Lipinski definition) is 1. The highest BCUT2D eigenvalue weighted by molar-refractivity contribution is 9.10. The Kier molecular flexibility index (Phi) is 3.15. The molecule has 0 bridgehead atoms. The largest absolute Gasteiger partial charge is 0.274 e. The molecule has 2 aromatic carbocycles. The van der Waals surface area contributed by atoms with Crippen molar-refractivity contribution in [1.82, 2.24) is 0 Å². The Bertz CT molecular complexity index is 701. The van der Waals surface area contributed by atoms with Crippen LogP contribution < -0.4 is 4.90 Å². The van der Waals surface area contributed by atoms with Gasteiger partial charge in [-0.15, -0.1) is 0 Å². The molecule has 0 spiro atoms. The van der Waals surface area contributed by atoms with Crippen molar-refractivity contribution in [1.29, 1.82) is 0 Å². The van der Waals surface area contributed by atoms with E-state index in [1.165, 1.54) is 17.0 Å². The molecule has 0 unspecified atom stereocenters. The Morgan fingerprint density at radius 1 is 1.20 bits per heavy atom. The van der Waals surface area contributed by atoms with E-state index >= 15 is 0 Å². The summed E-state index contributed by atoms with van der Waals surface area (Å²) in [6.45, 7) is 3.94. The first-order valence-electron chi connectivity index (χ1n) is 5.78. The summed E-state index contributed by atoms with van der Waals surface area (Å²) in [5.41, 5.74) is 2.24. The molecular weight excluding hydrogens is 345 g/mol. The van der Waals surface area contributed by atoms with Crippen LogP contribution in [0, 0.1) is 5.82 Å². The van der Waals surface area contributed by atoms with Crippen LogP contribution in [0.5, 0.6) is 0 Å². The highest BCUT2D eigenvalue weighted by Crippen LogP contribution is 2.43. The van der Waals surface area contributed by atoms with Gasteiger partial charge in [0, 0.05) is 15.6 Å². The Morgan fingerprint density at radius 3 is 2.45 bits per heavy atom. The van der Waals surface area contributed by atoms with Crippen molar-refractivity contribution in [3.63, 3.8) is 0 Å². The van der Waals surface area contributed by atoms with Crippen LogP contribution in [0.25, 0.3) is 5.70 Å². The SMILES string of the molecule is C=C1c2ccccc2C(=O)N1c1c(Cl)cc(F)cc1Br. The third-order valence-electron chi connectivity index (χ3n) is 3.15. The van der Waals surface area contributed by atoms with Gasteiger partial charge in [0.2, 0.25) is 0 Å². The first-order valence-corrected chi connectivity index (χ1v) is 6.95. The van der Waals surface area contributed by atoms with E-state index in [4.69, 9.17) is 11.6 Å². The fraction of sp³-hybridized carbons (Fsp3) is 0. The van der Waals surface area contributed by atoms with Gasteiger partial charge < -0.3 is 0 Å². The quantitative estimate of drug-likeness (QED) is 0.717. The number of hydrogen-bond donors (Lipinski definition) is 0. The molecule has 0 aliphatic carbocycles. The van der Waals surface area contributed by atoms with E-state index in [2.05, 4.69) is 22.5 Å². The molecule has 100 valence electrons. The van der Waals surface area contributed by atoms with Crippen molar-refractivity contribution >= 4 is 44.8 Å². The van der Waals surface area contributed by atoms with Crippen LogP contribution in [-0.4, -0.2) is 5.91 Å². The van der Waals surface area contributed by atoms with Crippen LogP contribution >= 0.6 is 27.5 Å². The van der Waals surface area contributed by atoms with E-state index in [1.54, 1.807) is 12.1 Å². The molecule has 1 amide bonds. The Balaban J connectivity index is 2.19. The van der Waals surface area contributed by atoms with Gasteiger partial charge in [-0.1, -0.05) is 36.4 Å². The van der Waals surface area contributed by atoms with E-state index in [9.17, 15) is 9.18 Å². The number of amides is 1. The van der Waals surface area contributed by atoms with Crippen molar-refractivity contribution in [2.45, 2.75) is 0 Å². The number of benzene rings is 2. The molecule has 5 heteroatoms. The zero-order valence-electron chi connectivity index (χ0n) is 10.2. The summed E-state index contributed by atoms with van der Waals surface area (Å²) < 4.78 is 13.7. The van der Waals surface area contributed by atoms with Crippen LogP contribution in [0.15, 0.2) is 47.4 Å². The summed E-state index contributed by atoms with van der Waals surface area (Å²) in [6.07, 6.45) is 0. The lowest BCUT2D eigenvalue weighted by atomic mass is 10.1. The second-order valence-corrected chi connectivity index (χ2v) is 5.61. The maximum atomic E-state index is 13.3. The minimum Gasteiger partial charge on any atom is -0.274 e. The molecule has 0 radical (unpaired) electrons. The number of carbonyl (C=O) groups is 1. The summed E-state index contributed by atoms with van der Waals surface area (Å²) in [6, 6.07) is 9.61. The van der Waals surface area contributed by atoms with Crippen molar-refractivity contribution in [2.24, 2.45) is 0 Å². The van der Waals surface area contributed by atoms with E-state index in [0.717, 1.165) is 5.56 Å². The molecule has 3 rings (SSSR count). The molecule has 1 aliphatic heterocycles. The summed E-state index contributed by atoms with van der Waals surface area (Å²) in [5, 5.41) is 0.152. The van der Waals surface area contributed by atoms with Crippen LogP contribution in [0.1, 0.15) is 15.9 Å². The fourth-order valence-corrected chi connectivity index (χ4v) is 3.28. The van der Waals surface area contributed by atoms with E-state index in [0.29, 0.717) is 21.4 Å². The molecule has 0 aromatic heterocycles. The molecule has 0 N–H and O–H groups in total. The predicted molar refractivity (Wildman–Crippen MR) is 81.4 cm³/mol. The maximum Gasteiger partial charge on any atom is 0.263 e. The molecule has 20 heavy (non-hydrogen) atoms. The molecule has 1 aliphatic rings. The molecule has 0 atom stereocenters. The van der Waals surface area contributed by atoms with Gasteiger partial charge in [0.1, 0.15) is 5.82 Å². The normalized spacial score (nSPS) is 13.8. The van der Waals surface area contributed by atoms with Gasteiger partial charge in [-0.2, -0.15) is 0 Å². The lowest BCUT2D eigenvalue weighted by Gasteiger charge is -2.20. The summed E-state index contributed by atoms with van der Waals surface area (Å²) in [7, 11) is 0. The zero-order chi connectivity index (χ0) is 14.4. The second kappa shape index (κ2) is 4.72. The van der Waals surface area contributed by atoms with Crippen LogP contribution in [-0.2, 0) is 0 Å². The van der Waals surface area contributed by atoms with Gasteiger partial charge >= 0.3 is 0 Å². The summed E-state index contributed by atoms with van der Waals surface area (Å²) in [5.74, 6) is -0.694. The number of anilines is 1. The minimum absolute atomic E-state index is 0.152. The minimum atomic E-state index is -0.472. The third kappa shape index (κ3) is 1.87. The second-order valence-electron chi connectivity index (χ2n) is 4.35. The lowest BCUT2D eigenvalue weighted by molar-refractivity contribution is 0.101. The van der Waals surface area contributed by atoms with Crippen molar-refractivity contribution < 1.29 is 9.18 Å². The Labute approximate surface area is 128 Å². The summed E-state index contributed by atoms with van der Waals surface area (Å²) >= 11 is 9.33. The van der Waals surface area contributed by atoms with Gasteiger partial charge in [-0.3, -0.25) is 9.69 Å². The average Bonchev–Trinajstić information content (AvgIpc) is 2.64. The zero-order valence-corrected chi connectivity index (χ0v) is 12.5. The smallest absolute Gasteiger partial charge is 0.263 e. The highest BCUT2D eigenvalue weighted by atomic mass is 79.9. The predicted octanol–water partition coefficient (Wildman–Crippen LogP) is 4.87. The van der Waals surface area contributed by atoms with Crippen LogP contribution in [0.3, 0.4) is 0 Å². The maximum absolute atomic E-state index is 13.3. The third-order valence-corrected chi connectivity index (χ3v) is 4.04. The molecule has 2 nitrogen and oxygen atoms in total. The number of fused-ring (bicyclic) bond motifs is 1.